The summed E-state index contributed by atoms with van der Waals surface area (Å²) in [5.74, 6) is -2.00. The number of fused-ring (bicyclic) bond motifs is 1. The van der Waals surface area contributed by atoms with Crippen molar-refractivity contribution in [1.82, 2.24) is 14.5 Å². The van der Waals surface area contributed by atoms with E-state index < -0.39 is 87.1 Å². The molecule has 0 bridgehead atoms. The van der Waals surface area contributed by atoms with E-state index in [1.807, 2.05) is 91.0 Å². The molecule has 9 rings (SSSR count). The molecule has 2 heterocycles. The first-order valence-electron chi connectivity index (χ1n) is 29.9. The Balaban J connectivity index is 1.50. The van der Waals surface area contributed by atoms with Gasteiger partial charge in [0.05, 0.1) is 28.0 Å². The second-order valence-electron chi connectivity index (χ2n) is 14.9. The summed E-state index contributed by atoms with van der Waals surface area (Å²) in [6.07, 6.45) is 1.68. The number of rotatable bonds is 7. The van der Waals surface area contributed by atoms with Crippen molar-refractivity contribution in [1.29, 1.82) is 0 Å². The number of phenols is 1. The number of nitrogens with zero attached hydrogens (tertiary/aromatic N) is 3. The zero-order chi connectivity index (χ0) is 60.0. The van der Waals surface area contributed by atoms with Gasteiger partial charge in [-0.25, -0.2) is 4.98 Å². The normalized spacial score (nSPS) is 18.5. The lowest BCUT2D eigenvalue weighted by Gasteiger charge is -2.27. The molecule has 4 heteroatoms. The van der Waals surface area contributed by atoms with Crippen LogP contribution in [0.5, 0.6) is 5.75 Å². The fraction of sp³-hybridized carbons (Fsp3) is 0.158. The lowest BCUT2D eigenvalue weighted by Crippen LogP contribution is -2.17. The molecule has 0 spiro atoms. The van der Waals surface area contributed by atoms with Gasteiger partial charge in [0.15, 0.2) is 0 Å². The fourth-order valence-corrected chi connectivity index (χ4v) is 7.77. The Hall–Kier alpha value is -7.04. The Bertz CT molecular complexity index is 3760. The third-order valence-corrected chi connectivity index (χ3v) is 10.7. The van der Waals surface area contributed by atoms with E-state index in [1.165, 1.54) is 22.8 Å². The number of imidazole rings is 1. The van der Waals surface area contributed by atoms with Crippen LogP contribution in [0.1, 0.15) is 86.6 Å². The number of pyridine rings is 1. The summed E-state index contributed by atoms with van der Waals surface area (Å²) in [6.45, 7) is -27.6. The van der Waals surface area contributed by atoms with Crippen LogP contribution in [0.25, 0.3) is 83.9 Å². The molecular formula is C57H51N3O. The SMILES string of the molecule is [2H]C([2H])([2H])c1ccc(-n2c(-c3cc(C(C([2H])([2H])[2H])(C([2H])([2H])[2H])C([2H])([2H])[2H])cc(C(C([2H])([2H])[2H])(C([2H])([2H])[2H])C([2H])([2H])[2H])c3O)nc3c(-c4cc(-c5ccccc5)cc(-c5cc(-c6ccccc6)ccn5)c4)cccc32)c(-c2ccccc2)c1. The molecule has 0 saturated heterocycles. The van der Waals surface area contributed by atoms with Gasteiger partial charge in [-0.1, -0.05) is 162 Å². The van der Waals surface area contributed by atoms with Crippen molar-refractivity contribution in [2.45, 2.75) is 58.8 Å². The van der Waals surface area contributed by atoms with Crippen LogP contribution in [0.15, 0.2) is 176 Å². The van der Waals surface area contributed by atoms with Crippen LogP contribution in [-0.4, -0.2) is 19.6 Å². The average Bonchev–Trinajstić information content (AvgIpc) is 0.874. The van der Waals surface area contributed by atoms with E-state index in [2.05, 4.69) is 0 Å². The minimum Gasteiger partial charge on any atom is -0.507 e. The number of phenolic OH excluding ortho intramolecular Hbond substituents is 1. The minimum absolute atomic E-state index is 0.0624. The van der Waals surface area contributed by atoms with E-state index in [0.29, 0.717) is 39.6 Å². The van der Waals surface area contributed by atoms with Crippen molar-refractivity contribution >= 4 is 11.0 Å². The maximum Gasteiger partial charge on any atom is 0.149 e. The molecule has 4 nitrogen and oxygen atoms in total. The number of hydrogen-bond acceptors (Lipinski definition) is 3. The fourth-order valence-electron chi connectivity index (χ4n) is 7.77. The summed E-state index contributed by atoms with van der Waals surface area (Å²) >= 11 is 0. The molecule has 0 amide bonds. The molecule has 0 fully saturated rings. The number of aromatic hydroxyl groups is 1. The summed E-state index contributed by atoms with van der Waals surface area (Å²) in [5, 5.41) is 13.0. The maximum atomic E-state index is 13.0. The molecule has 0 atom stereocenters. The number of para-hydroxylation sites is 1. The quantitative estimate of drug-likeness (QED) is 0.174. The van der Waals surface area contributed by atoms with Gasteiger partial charge in [0.2, 0.25) is 0 Å². The first-order valence-corrected chi connectivity index (χ1v) is 19.4. The second-order valence-corrected chi connectivity index (χ2v) is 14.9. The van der Waals surface area contributed by atoms with Crippen LogP contribution in [0, 0.1) is 6.85 Å². The van der Waals surface area contributed by atoms with E-state index in [9.17, 15) is 5.11 Å². The molecule has 2 aromatic heterocycles. The average molecular weight is 815 g/mol. The van der Waals surface area contributed by atoms with Crippen molar-refractivity contribution in [3.63, 3.8) is 0 Å². The van der Waals surface area contributed by atoms with Crippen LogP contribution >= 0.6 is 0 Å². The van der Waals surface area contributed by atoms with Crippen molar-refractivity contribution in [3.8, 4) is 78.6 Å². The predicted octanol–water partition coefficient (Wildman–Crippen LogP) is 15.0. The Kier molecular flexibility index (Phi) is 5.60. The Morgan fingerprint density at radius 1 is 0.508 bits per heavy atom. The maximum absolute atomic E-state index is 13.0. The molecule has 0 saturated carbocycles. The summed E-state index contributed by atoms with van der Waals surface area (Å²) in [5.41, 5.74) is -5.92. The smallest absolute Gasteiger partial charge is 0.149 e. The summed E-state index contributed by atoms with van der Waals surface area (Å²) in [7, 11) is 0. The standard InChI is InChI=1S/C57H51N3O/c1-37-26-27-51(47(30-37)40-22-15-10-16-23-40)60-52-25-17-24-46(53(52)59-55(60)48-35-45(56(2,3)4)36-49(54(48)61)57(5,6)7)43-31-42(39-20-13-9-14-21-39)32-44(33-43)50-34-41(28-29-58-50)38-18-11-8-12-19-38/h8-36,61H,1-7H3/i1D3,2D3,3D3,4D3,5D3,6D3,7D3. The molecule has 0 aliphatic heterocycles. The van der Waals surface area contributed by atoms with Gasteiger partial charge >= 0.3 is 0 Å². The minimum atomic E-state index is -4.20. The Morgan fingerprint density at radius 2 is 1.16 bits per heavy atom. The lowest BCUT2D eigenvalue weighted by atomic mass is 9.79. The van der Waals surface area contributed by atoms with Gasteiger partial charge < -0.3 is 5.11 Å². The monoisotopic (exact) mass is 815 g/mol. The highest BCUT2D eigenvalue weighted by Crippen LogP contribution is 2.46. The van der Waals surface area contributed by atoms with Gasteiger partial charge in [0, 0.05) is 57.2 Å². The van der Waals surface area contributed by atoms with Crippen molar-refractivity contribution < 1.29 is 33.9 Å². The van der Waals surface area contributed by atoms with E-state index >= 15 is 0 Å². The number of aryl methyl sites for hydroxylation is 1. The number of benzene rings is 7. The van der Waals surface area contributed by atoms with Gasteiger partial charge in [0.1, 0.15) is 11.6 Å². The van der Waals surface area contributed by atoms with Gasteiger partial charge in [-0.3, -0.25) is 9.55 Å². The predicted molar refractivity (Wildman–Crippen MR) is 255 cm³/mol. The molecule has 7 aromatic carbocycles. The first kappa shape index (κ1) is 22.0. The van der Waals surface area contributed by atoms with Gasteiger partial charge in [0.25, 0.3) is 0 Å². The zero-order valence-corrected chi connectivity index (χ0v) is 32.5. The Labute approximate surface area is 389 Å². The summed E-state index contributed by atoms with van der Waals surface area (Å²) in [4.78, 5) is 9.88. The van der Waals surface area contributed by atoms with E-state index in [4.69, 9.17) is 38.8 Å². The largest absolute Gasteiger partial charge is 0.507 e. The van der Waals surface area contributed by atoms with E-state index in [-0.39, 0.29) is 33.9 Å². The van der Waals surface area contributed by atoms with E-state index in [0.717, 1.165) is 16.7 Å². The highest BCUT2D eigenvalue weighted by molar-refractivity contribution is 5.98. The number of hydrogen-bond donors (Lipinski definition) is 1. The molecule has 9 aromatic rings. The third kappa shape index (κ3) is 7.66. The summed E-state index contributed by atoms with van der Waals surface area (Å²) < 4.78 is 184. The lowest BCUT2D eigenvalue weighted by molar-refractivity contribution is 0.446. The molecule has 61 heavy (non-hydrogen) atoms. The summed E-state index contributed by atoms with van der Waals surface area (Å²) in [6, 6.07) is 46.7. The molecular weight excluding hydrogens is 743 g/mol. The first-order chi connectivity index (χ1) is 38.0. The molecule has 0 aliphatic rings. The van der Waals surface area contributed by atoms with Crippen LogP contribution in [-0.2, 0) is 10.8 Å². The van der Waals surface area contributed by atoms with Gasteiger partial charge in [-0.15, -0.1) is 0 Å². The molecule has 0 radical (unpaired) electrons. The Morgan fingerprint density at radius 3 is 1.85 bits per heavy atom. The van der Waals surface area contributed by atoms with Crippen molar-refractivity contribution in [2.75, 3.05) is 0 Å². The topological polar surface area (TPSA) is 50.9 Å². The highest BCUT2D eigenvalue weighted by atomic mass is 16.3. The van der Waals surface area contributed by atoms with Crippen LogP contribution < -0.4 is 0 Å². The number of aromatic nitrogens is 3. The molecule has 0 unspecified atom stereocenters. The van der Waals surface area contributed by atoms with Gasteiger partial charge in [-0.2, -0.15) is 0 Å². The molecule has 300 valence electrons. The third-order valence-electron chi connectivity index (χ3n) is 10.7. The van der Waals surface area contributed by atoms with E-state index in [1.54, 1.807) is 54.7 Å². The highest BCUT2D eigenvalue weighted by Gasteiger charge is 2.29. The van der Waals surface area contributed by atoms with Gasteiger partial charge in [-0.05, 0) is 111 Å². The van der Waals surface area contributed by atoms with Crippen molar-refractivity contribution in [3.05, 3.63) is 193 Å². The van der Waals surface area contributed by atoms with Crippen LogP contribution in [0.2, 0.25) is 0 Å². The molecule has 0 aliphatic carbocycles. The van der Waals surface area contributed by atoms with Crippen molar-refractivity contribution in [2.24, 2.45) is 0 Å². The second kappa shape index (κ2) is 15.5. The zero-order valence-electron chi connectivity index (χ0n) is 53.5. The van der Waals surface area contributed by atoms with Crippen LogP contribution in [0.4, 0.5) is 0 Å². The van der Waals surface area contributed by atoms with Crippen LogP contribution in [0.3, 0.4) is 0 Å². The molecule has 1 N–H and O–H groups in total.